The summed E-state index contributed by atoms with van der Waals surface area (Å²) in [7, 11) is 0. The van der Waals surface area contributed by atoms with E-state index in [4.69, 9.17) is 9.47 Å². The van der Waals surface area contributed by atoms with Crippen molar-refractivity contribution in [3.05, 3.63) is 126 Å². The molecular weight excluding hydrogens is 554 g/mol. The third-order valence-corrected chi connectivity index (χ3v) is 7.21. The second-order valence-electron chi connectivity index (χ2n) is 12.0. The number of rotatable bonds is 13. The molecule has 0 fully saturated rings. The van der Waals surface area contributed by atoms with Crippen molar-refractivity contribution < 1.29 is 29.3 Å². The largest absolute Gasteiger partial charge is 0.489 e. The van der Waals surface area contributed by atoms with Crippen molar-refractivity contribution in [2.24, 2.45) is 5.92 Å². The number of carboxylic acid groups (broad SMARTS) is 1. The molecule has 0 heterocycles. The first-order valence-electron chi connectivity index (χ1n) is 14.9. The molecular formula is C37H41NO6. The quantitative estimate of drug-likeness (QED) is 0.153. The second-order valence-corrected chi connectivity index (χ2v) is 12.0. The average Bonchev–Trinajstić information content (AvgIpc) is 3.00. The lowest BCUT2D eigenvalue weighted by Crippen LogP contribution is -2.47. The van der Waals surface area contributed by atoms with E-state index in [1.54, 1.807) is 20.8 Å². The van der Waals surface area contributed by atoms with Crippen molar-refractivity contribution in [3.8, 4) is 16.9 Å². The van der Waals surface area contributed by atoms with E-state index >= 15 is 0 Å². The Morgan fingerprint density at radius 3 is 1.86 bits per heavy atom. The van der Waals surface area contributed by atoms with Crippen molar-refractivity contribution >= 4 is 12.1 Å². The number of hydrogen-bond donors (Lipinski definition) is 3. The maximum Gasteiger partial charge on any atom is 0.407 e. The maximum atomic E-state index is 12.7. The van der Waals surface area contributed by atoms with Gasteiger partial charge in [0.2, 0.25) is 0 Å². The maximum absolute atomic E-state index is 12.7. The molecule has 0 spiro atoms. The van der Waals surface area contributed by atoms with Crippen molar-refractivity contribution in [1.29, 1.82) is 0 Å². The summed E-state index contributed by atoms with van der Waals surface area (Å²) in [5.74, 6) is -1.17. The van der Waals surface area contributed by atoms with E-state index in [-0.39, 0.29) is 19.3 Å². The fraction of sp³-hybridized carbons (Fsp3) is 0.297. The zero-order chi connectivity index (χ0) is 31.5. The molecule has 7 nitrogen and oxygen atoms in total. The smallest absolute Gasteiger partial charge is 0.407 e. The minimum absolute atomic E-state index is 0.0471. The van der Waals surface area contributed by atoms with Gasteiger partial charge in [0.25, 0.3) is 0 Å². The summed E-state index contributed by atoms with van der Waals surface area (Å²) in [5.41, 5.74) is 4.15. The minimum atomic E-state index is -1.14. The van der Waals surface area contributed by atoms with Gasteiger partial charge in [-0.15, -0.1) is 0 Å². The number of carboxylic acids is 1. The summed E-state index contributed by atoms with van der Waals surface area (Å²) in [4.78, 5) is 25.0. The highest BCUT2D eigenvalue weighted by Crippen LogP contribution is 2.24. The van der Waals surface area contributed by atoms with Crippen LogP contribution in [0.15, 0.2) is 109 Å². The molecule has 0 radical (unpaired) electrons. The summed E-state index contributed by atoms with van der Waals surface area (Å²) in [5, 5.41) is 24.1. The van der Waals surface area contributed by atoms with Crippen LogP contribution in [0, 0.1) is 5.92 Å². The number of benzene rings is 4. The Kier molecular flexibility index (Phi) is 11.2. The van der Waals surface area contributed by atoms with Gasteiger partial charge >= 0.3 is 12.1 Å². The lowest BCUT2D eigenvalue weighted by molar-refractivity contribution is -0.143. The van der Waals surface area contributed by atoms with Gasteiger partial charge in [-0.05, 0) is 80.0 Å². The van der Waals surface area contributed by atoms with Gasteiger partial charge in [0, 0.05) is 0 Å². The van der Waals surface area contributed by atoms with E-state index in [9.17, 15) is 19.8 Å². The molecule has 0 saturated heterocycles. The van der Waals surface area contributed by atoms with Crippen LogP contribution in [0.25, 0.3) is 11.1 Å². The second kappa shape index (κ2) is 15.2. The molecule has 3 N–H and O–H groups in total. The van der Waals surface area contributed by atoms with Gasteiger partial charge in [0.05, 0.1) is 18.1 Å². The molecule has 4 aromatic rings. The number of alkyl carbamates (subject to hydrolysis) is 1. The number of nitrogens with one attached hydrogen (secondary N) is 1. The first-order chi connectivity index (χ1) is 21.1. The van der Waals surface area contributed by atoms with E-state index in [1.165, 1.54) is 0 Å². The van der Waals surface area contributed by atoms with Crippen LogP contribution in [-0.4, -0.2) is 40.0 Å². The monoisotopic (exact) mass is 595 g/mol. The summed E-state index contributed by atoms with van der Waals surface area (Å²) < 4.78 is 11.3. The molecule has 3 unspecified atom stereocenters. The Morgan fingerprint density at radius 1 is 0.727 bits per heavy atom. The molecule has 0 aliphatic rings. The molecule has 0 saturated carbocycles. The molecule has 7 heteroatoms. The van der Waals surface area contributed by atoms with Crippen LogP contribution >= 0.6 is 0 Å². The van der Waals surface area contributed by atoms with Crippen molar-refractivity contribution in [2.45, 2.75) is 64.4 Å². The number of carbonyl (C=O) groups is 2. The van der Waals surface area contributed by atoms with Crippen molar-refractivity contribution in [2.75, 3.05) is 0 Å². The van der Waals surface area contributed by atoms with Gasteiger partial charge < -0.3 is 25.0 Å². The molecule has 4 rings (SSSR count). The number of ether oxygens (including phenoxy) is 2. The predicted molar refractivity (Wildman–Crippen MR) is 171 cm³/mol. The molecule has 4 aromatic carbocycles. The summed E-state index contributed by atoms with van der Waals surface area (Å²) in [6, 6.07) is 34.3. The molecule has 3 atom stereocenters. The summed E-state index contributed by atoms with van der Waals surface area (Å²) in [6.45, 7) is 5.72. The number of carbonyl (C=O) groups excluding carboxylic acids is 1. The standard InChI is InChI=1S/C37H41NO6/c1-37(2,3)44-36(42)38-33(23-27-16-20-32(21-17-27)43-25-28-10-6-4-7-11-28)34(39)24-31(35(40)41)22-26-14-18-30(19-15-26)29-12-8-5-9-13-29/h4-21,31,33-34,39H,22-25H2,1-3H3,(H,38,42)(H,40,41). The van der Waals surface area contributed by atoms with Gasteiger partial charge in [-0.3, -0.25) is 4.79 Å². The Hall–Kier alpha value is -4.62. The van der Waals surface area contributed by atoms with Gasteiger partial charge in [0.15, 0.2) is 0 Å². The first-order valence-corrected chi connectivity index (χ1v) is 14.9. The lowest BCUT2D eigenvalue weighted by atomic mass is 9.89. The highest BCUT2D eigenvalue weighted by molar-refractivity contribution is 5.71. The predicted octanol–water partition coefficient (Wildman–Crippen LogP) is 7.06. The number of aliphatic carboxylic acids is 1. The van der Waals surface area contributed by atoms with Crippen LogP contribution < -0.4 is 10.1 Å². The van der Waals surface area contributed by atoms with E-state index in [2.05, 4.69) is 5.32 Å². The number of hydrogen-bond acceptors (Lipinski definition) is 5. The highest BCUT2D eigenvalue weighted by atomic mass is 16.6. The Balaban J connectivity index is 1.43. The summed E-state index contributed by atoms with van der Waals surface area (Å²) >= 11 is 0. The molecule has 1 amide bonds. The average molecular weight is 596 g/mol. The fourth-order valence-electron chi connectivity index (χ4n) is 4.93. The van der Waals surface area contributed by atoms with E-state index in [0.29, 0.717) is 12.4 Å². The zero-order valence-electron chi connectivity index (χ0n) is 25.5. The van der Waals surface area contributed by atoms with Crippen LogP contribution in [-0.2, 0) is 29.0 Å². The Morgan fingerprint density at radius 2 is 1.27 bits per heavy atom. The van der Waals surface area contributed by atoms with Gasteiger partial charge in [-0.1, -0.05) is 97.1 Å². The lowest BCUT2D eigenvalue weighted by Gasteiger charge is -2.28. The van der Waals surface area contributed by atoms with E-state index in [1.807, 2.05) is 109 Å². The summed E-state index contributed by atoms with van der Waals surface area (Å²) in [6.07, 6.45) is -1.34. The van der Waals surface area contributed by atoms with Crippen molar-refractivity contribution in [3.63, 3.8) is 0 Å². The fourth-order valence-corrected chi connectivity index (χ4v) is 4.93. The van der Waals surface area contributed by atoms with Gasteiger partial charge in [-0.25, -0.2) is 4.79 Å². The number of amides is 1. The van der Waals surface area contributed by atoms with Crippen LogP contribution in [0.5, 0.6) is 5.75 Å². The molecule has 230 valence electrons. The Labute approximate surface area is 259 Å². The van der Waals surface area contributed by atoms with Crippen LogP contribution in [0.1, 0.15) is 43.9 Å². The number of aliphatic hydroxyl groups is 1. The van der Waals surface area contributed by atoms with Crippen molar-refractivity contribution in [1.82, 2.24) is 5.32 Å². The third-order valence-electron chi connectivity index (χ3n) is 7.21. The van der Waals surface area contributed by atoms with Crippen LogP contribution in [0.3, 0.4) is 0 Å². The van der Waals surface area contributed by atoms with Crippen LogP contribution in [0.4, 0.5) is 4.79 Å². The normalized spacial score (nSPS) is 13.4. The molecule has 0 bridgehead atoms. The SMILES string of the molecule is CC(C)(C)OC(=O)NC(Cc1ccc(OCc2ccccc2)cc1)C(O)CC(Cc1ccc(-c2ccccc2)cc1)C(=O)O. The number of aliphatic hydroxyl groups excluding tert-OH is 1. The van der Waals surface area contributed by atoms with Crippen LogP contribution in [0.2, 0.25) is 0 Å². The highest BCUT2D eigenvalue weighted by Gasteiger charge is 2.30. The molecule has 0 aliphatic heterocycles. The van der Waals surface area contributed by atoms with Gasteiger partial charge in [0.1, 0.15) is 18.0 Å². The third kappa shape index (κ3) is 10.3. The zero-order valence-corrected chi connectivity index (χ0v) is 25.5. The molecule has 0 aromatic heterocycles. The minimum Gasteiger partial charge on any atom is -0.489 e. The Bertz CT molecular complexity index is 1460. The van der Waals surface area contributed by atoms with Gasteiger partial charge in [-0.2, -0.15) is 0 Å². The first kappa shape index (κ1) is 32.3. The van der Waals surface area contributed by atoms with E-state index < -0.39 is 35.7 Å². The van der Waals surface area contributed by atoms with E-state index in [0.717, 1.165) is 27.8 Å². The topological polar surface area (TPSA) is 105 Å². The molecule has 0 aliphatic carbocycles. The molecule has 44 heavy (non-hydrogen) atoms.